The van der Waals surface area contributed by atoms with Crippen LogP contribution < -0.4 is 10.6 Å². The van der Waals surface area contributed by atoms with Gasteiger partial charge in [0, 0.05) is 16.6 Å². The monoisotopic (exact) mass is 334 g/mol. The molecule has 0 unspecified atom stereocenters. The fraction of sp³-hybridized carbons (Fsp3) is 0.375. The maximum atomic E-state index is 5.94. The first kappa shape index (κ1) is 13.7. The average molecular weight is 335 g/mol. The average Bonchev–Trinajstić information content (AvgIpc) is 3.14. The number of nitrogens with two attached hydrogens (primary N) is 1. The van der Waals surface area contributed by atoms with Gasteiger partial charge in [0.25, 0.3) is 0 Å². The van der Waals surface area contributed by atoms with Crippen LogP contribution >= 0.6 is 15.9 Å². The molecule has 4 heteroatoms. The van der Waals surface area contributed by atoms with Gasteiger partial charge in [-0.05, 0) is 65.5 Å². The van der Waals surface area contributed by atoms with Crippen molar-refractivity contribution in [3.8, 4) is 0 Å². The molecule has 1 aliphatic rings. The quantitative estimate of drug-likeness (QED) is 0.889. The van der Waals surface area contributed by atoms with E-state index in [1.165, 1.54) is 18.5 Å². The lowest BCUT2D eigenvalue weighted by molar-refractivity contribution is 0.501. The molecule has 1 aromatic heterocycles. The van der Waals surface area contributed by atoms with E-state index in [9.17, 15) is 0 Å². The van der Waals surface area contributed by atoms with Gasteiger partial charge in [-0.15, -0.1) is 0 Å². The Morgan fingerprint density at radius 2 is 2.20 bits per heavy atom. The van der Waals surface area contributed by atoms with E-state index in [4.69, 9.17) is 10.2 Å². The minimum absolute atomic E-state index is 0.0554. The minimum atomic E-state index is 0.0554. The van der Waals surface area contributed by atoms with Crippen LogP contribution in [0.2, 0.25) is 0 Å². The van der Waals surface area contributed by atoms with Crippen molar-refractivity contribution in [2.45, 2.75) is 38.4 Å². The first-order chi connectivity index (χ1) is 9.65. The van der Waals surface area contributed by atoms with Crippen LogP contribution in [0.3, 0.4) is 0 Å². The maximum Gasteiger partial charge on any atom is 0.123 e. The highest BCUT2D eigenvalue weighted by Crippen LogP contribution is 2.37. The van der Waals surface area contributed by atoms with Gasteiger partial charge in [-0.2, -0.15) is 0 Å². The van der Waals surface area contributed by atoms with Crippen molar-refractivity contribution in [2.75, 3.05) is 4.90 Å². The fourth-order valence-corrected chi connectivity index (χ4v) is 3.03. The zero-order valence-electron chi connectivity index (χ0n) is 11.6. The SMILES string of the molecule is C[C@H](N)c1ccc(N(Cc2ccco2)C2CC2)c(Br)c1. The van der Waals surface area contributed by atoms with Crippen molar-refractivity contribution in [2.24, 2.45) is 5.73 Å². The van der Waals surface area contributed by atoms with Crippen molar-refractivity contribution < 1.29 is 4.42 Å². The van der Waals surface area contributed by atoms with E-state index in [-0.39, 0.29) is 6.04 Å². The summed E-state index contributed by atoms with van der Waals surface area (Å²) in [5, 5.41) is 0. The van der Waals surface area contributed by atoms with Gasteiger partial charge in [0.05, 0.1) is 18.5 Å². The molecule has 0 amide bonds. The topological polar surface area (TPSA) is 42.4 Å². The molecule has 2 N–H and O–H groups in total. The molecule has 1 aromatic carbocycles. The molecule has 0 aliphatic heterocycles. The Bertz CT molecular complexity index is 576. The lowest BCUT2D eigenvalue weighted by atomic mass is 10.1. The second kappa shape index (κ2) is 5.62. The molecule has 20 heavy (non-hydrogen) atoms. The Hall–Kier alpha value is -1.26. The van der Waals surface area contributed by atoms with Crippen LogP contribution in [0.15, 0.2) is 45.5 Å². The van der Waals surface area contributed by atoms with Crippen LogP contribution in [0, 0.1) is 0 Å². The van der Waals surface area contributed by atoms with E-state index in [1.54, 1.807) is 6.26 Å². The lowest BCUT2D eigenvalue weighted by Gasteiger charge is -2.25. The number of nitrogens with zero attached hydrogens (tertiary/aromatic N) is 1. The van der Waals surface area contributed by atoms with Crippen LogP contribution in [0.4, 0.5) is 5.69 Å². The van der Waals surface area contributed by atoms with Gasteiger partial charge in [0.15, 0.2) is 0 Å². The van der Waals surface area contributed by atoms with Gasteiger partial charge >= 0.3 is 0 Å². The normalized spacial score (nSPS) is 16.1. The highest BCUT2D eigenvalue weighted by atomic mass is 79.9. The van der Waals surface area contributed by atoms with E-state index < -0.39 is 0 Å². The van der Waals surface area contributed by atoms with Crippen molar-refractivity contribution >= 4 is 21.6 Å². The summed E-state index contributed by atoms with van der Waals surface area (Å²) in [6.45, 7) is 2.82. The summed E-state index contributed by atoms with van der Waals surface area (Å²) in [5.41, 5.74) is 8.30. The van der Waals surface area contributed by atoms with Gasteiger partial charge in [-0.3, -0.25) is 0 Å². The third-order valence-electron chi connectivity index (χ3n) is 3.70. The number of rotatable bonds is 5. The molecular formula is C16H19BrN2O. The van der Waals surface area contributed by atoms with E-state index in [1.807, 2.05) is 19.1 Å². The summed E-state index contributed by atoms with van der Waals surface area (Å²) in [7, 11) is 0. The van der Waals surface area contributed by atoms with Crippen LogP contribution in [-0.4, -0.2) is 6.04 Å². The summed E-state index contributed by atoms with van der Waals surface area (Å²) in [5.74, 6) is 1.00. The number of halogens is 1. The van der Waals surface area contributed by atoms with E-state index in [0.29, 0.717) is 6.04 Å². The molecule has 1 atom stereocenters. The number of furan rings is 1. The number of hydrogen-bond donors (Lipinski definition) is 1. The molecule has 106 valence electrons. The first-order valence-electron chi connectivity index (χ1n) is 6.99. The second-order valence-electron chi connectivity index (χ2n) is 5.44. The summed E-state index contributed by atoms with van der Waals surface area (Å²) >= 11 is 3.69. The van der Waals surface area contributed by atoms with Gasteiger partial charge in [-0.1, -0.05) is 6.07 Å². The highest BCUT2D eigenvalue weighted by molar-refractivity contribution is 9.10. The molecular weight excluding hydrogens is 316 g/mol. The minimum Gasteiger partial charge on any atom is -0.467 e. The number of benzene rings is 1. The Morgan fingerprint density at radius 3 is 2.75 bits per heavy atom. The molecule has 1 saturated carbocycles. The van der Waals surface area contributed by atoms with Crippen LogP contribution in [-0.2, 0) is 6.54 Å². The van der Waals surface area contributed by atoms with Crippen LogP contribution in [0.1, 0.15) is 37.1 Å². The fourth-order valence-electron chi connectivity index (χ4n) is 2.41. The Labute approximate surface area is 127 Å². The van der Waals surface area contributed by atoms with Gasteiger partial charge < -0.3 is 15.1 Å². The summed E-state index contributed by atoms with van der Waals surface area (Å²) in [6, 6.07) is 11.0. The molecule has 1 fully saturated rings. The predicted octanol–water partition coefficient (Wildman–Crippen LogP) is 4.23. The Kier molecular flexibility index (Phi) is 3.85. The maximum absolute atomic E-state index is 5.94. The molecule has 3 rings (SSSR count). The zero-order valence-corrected chi connectivity index (χ0v) is 13.1. The molecule has 1 heterocycles. The molecule has 2 aromatic rings. The Balaban J connectivity index is 1.87. The van der Waals surface area contributed by atoms with Gasteiger partial charge in [-0.25, -0.2) is 0 Å². The van der Waals surface area contributed by atoms with Crippen molar-refractivity contribution in [1.29, 1.82) is 0 Å². The first-order valence-corrected chi connectivity index (χ1v) is 7.78. The van der Waals surface area contributed by atoms with Crippen molar-refractivity contribution in [1.82, 2.24) is 0 Å². The zero-order chi connectivity index (χ0) is 14.1. The predicted molar refractivity (Wildman–Crippen MR) is 84.7 cm³/mol. The molecule has 0 bridgehead atoms. The molecule has 0 spiro atoms. The standard InChI is InChI=1S/C16H19BrN2O/c1-11(18)12-4-7-16(15(17)9-12)19(13-5-6-13)10-14-3-2-8-20-14/h2-4,7-9,11,13H,5-6,10,18H2,1H3/t11-/m0/s1. The third-order valence-corrected chi connectivity index (χ3v) is 4.34. The molecule has 3 nitrogen and oxygen atoms in total. The highest BCUT2D eigenvalue weighted by Gasteiger charge is 2.30. The summed E-state index contributed by atoms with van der Waals surface area (Å²) in [6.07, 6.45) is 4.24. The van der Waals surface area contributed by atoms with Crippen LogP contribution in [0.25, 0.3) is 0 Å². The van der Waals surface area contributed by atoms with Gasteiger partial charge in [0.2, 0.25) is 0 Å². The third kappa shape index (κ3) is 2.91. The number of anilines is 1. The largest absolute Gasteiger partial charge is 0.467 e. The van der Waals surface area contributed by atoms with Crippen molar-refractivity contribution in [3.63, 3.8) is 0 Å². The molecule has 0 saturated heterocycles. The van der Waals surface area contributed by atoms with E-state index in [2.05, 4.69) is 39.0 Å². The van der Waals surface area contributed by atoms with E-state index in [0.717, 1.165) is 22.3 Å². The Morgan fingerprint density at radius 1 is 1.40 bits per heavy atom. The number of hydrogen-bond acceptors (Lipinski definition) is 3. The lowest BCUT2D eigenvalue weighted by Crippen LogP contribution is -2.25. The molecule has 1 aliphatic carbocycles. The van der Waals surface area contributed by atoms with Gasteiger partial charge in [0.1, 0.15) is 5.76 Å². The van der Waals surface area contributed by atoms with E-state index >= 15 is 0 Å². The molecule has 0 radical (unpaired) electrons. The second-order valence-corrected chi connectivity index (χ2v) is 6.29. The smallest absolute Gasteiger partial charge is 0.123 e. The summed E-state index contributed by atoms with van der Waals surface area (Å²) in [4.78, 5) is 2.41. The van der Waals surface area contributed by atoms with Crippen molar-refractivity contribution in [3.05, 3.63) is 52.4 Å². The summed E-state index contributed by atoms with van der Waals surface area (Å²) < 4.78 is 6.59. The van der Waals surface area contributed by atoms with Crippen LogP contribution in [0.5, 0.6) is 0 Å².